The number of ether oxygens (including phenoxy) is 4. The van der Waals surface area contributed by atoms with Gasteiger partial charge in [-0.15, -0.1) is 0 Å². The zero-order chi connectivity index (χ0) is 63.2. The molecule has 0 aliphatic heterocycles. The molecule has 3 N–H and O–H groups in total. The first kappa shape index (κ1) is 83.1. The van der Waals surface area contributed by atoms with Crippen LogP contribution in [0.25, 0.3) is 0 Å². The fourth-order valence-corrected chi connectivity index (χ4v) is 11.3. The SMILES string of the molecule is CCC(C)CCCCCCCCC(=O)OC[C@H](COP(=O)(O)OC[C@H](O)COP(=O)(O)OC[C@@H](COC(=O)CCCCCCCCCCCCC(C)C)OC(=O)CCCCCCCCCCC(C)C)OC(=O)CCCCCCCCCCC(C)C. The van der Waals surface area contributed by atoms with E-state index < -0.39 is 97.5 Å². The molecule has 19 heteroatoms. The number of hydrogen-bond acceptors (Lipinski definition) is 15. The van der Waals surface area contributed by atoms with Crippen molar-refractivity contribution in [2.24, 2.45) is 23.7 Å². The molecule has 85 heavy (non-hydrogen) atoms. The van der Waals surface area contributed by atoms with E-state index in [-0.39, 0.29) is 25.7 Å². The van der Waals surface area contributed by atoms with Gasteiger partial charge in [0.2, 0.25) is 0 Å². The largest absolute Gasteiger partial charge is 0.472 e. The van der Waals surface area contributed by atoms with Gasteiger partial charge in [-0.1, -0.05) is 267 Å². The summed E-state index contributed by atoms with van der Waals surface area (Å²) >= 11 is 0. The lowest BCUT2D eigenvalue weighted by Gasteiger charge is -2.21. The first-order valence-corrected chi connectivity index (χ1v) is 37.2. The monoisotopic (exact) mass is 1250 g/mol. The number of phosphoric acid groups is 2. The Balaban J connectivity index is 5.26. The first-order valence-electron chi connectivity index (χ1n) is 34.2. The molecule has 0 rings (SSSR count). The Morgan fingerprint density at radius 2 is 0.565 bits per heavy atom. The summed E-state index contributed by atoms with van der Waals surface area (Å²) in [5.74, 6) is 0.787. The van der Waals surface area contributed by atoms with Gasteiger partial charge in [-0.25, -0.2) is 9.13 Å². The quantitative estimate of drug-likeness (QED) is 0.0222. The normalized spacial score (nSPS) is 14.7. The fourth-order valence-electron chi connectivity index (χ4n) is 9.75. The zero-order valence-electron chi connectivity index (χ0n) is 55.2. The van der Waals surface area contributed by atoms with E-state index in [9.17, 15) is 43.2 Å². The smallest absolute Gasteiger partial charge is 0.462 e. The van der Waals surface area contributed by atoms with Crippen LogP contribution in [0.4, 0.5) is 0 Å². The number of rotatable bonds is 63. The van der Waals surface area contributed by atoms with E-state index in [0.29, 0.717) is 25.7 Å². The highest BCUT2D eigenvalue weighted by atomic mass is 31.2. The molecule has 0 heterocycles. The van der Waals surface area contributed by atoms with Crippen molar-refractivity contribution in [1.82, 2.24) is 0 Å². The van der Waals surface area contributed by atoms with Crippen LogP contribution < -0.4 is 0 Å². The maximum atomic E-state index is 13.0. The van der Waals surface area contributed by atoms with E-state index in [4.69, 9.17) is 37.0 Å². The van der Waals surface area contributed by atoms with Gasteiger partial charge in [0.1, 0.15) is 19.3 Å². The van der Waals surface area contributed by atoms with Gasteiger partial charge in [-0.05, 0) is 49.4 Å². The number of phosphoric ester groups is 2. The minimum Gasteiger partial charge on any atom is -0.462 e. The molecule has 3 unspecified atom stereocenters. The number of esters is 4. The van der Waals surface area contributed by atoms with Crippen LogP contribution in [-0.2, 0) is 65.4 Å². The van der Waals surface area contributed by atoms with E-state index in [1.807, 2.05) is 0 Å². The van der Waals surface area contributed by atoms with Crippen molar-refractivity contribution in [3.63, 3.8) is 0 Å². The van der Waals surface area contributed by atoms with Crippen molar-refractivity contribution >= 4 is 39.5 Å². The highest BCUT2D eigenvalue weighted by molar-refractivity contribution is 7.47. The summed E-state index contributed by atoms with van der Waals surface area (Å²) in [5, 5.41) is 10.6. The topological polar surface area (TPSA) is 237 Å². The molecule has 0 aliphatic rings. The van der Waals surface area contributed by atoms with E-state index in [2.05, 4.69) is 55.4 Å². The summed E-state index contributed by atoms with van der Waals surface area (Å²) in [6.45, 7) is 14.0. The van der Waals surface area contributed by atoms with Crippen molar-refractivity contribution in [2.75, 3.05) is 39.6 Å². The van der Waals surface area contributed by atoms with E-state index in [1.165, 1.54) is 116 Å². The molecule has 504 valence electrons. The Morgan fingerprint density at radius 3 is 0.835 bits per heavy atom. The van der Waals surface area contributed by atoms with Gasteiger partial charge in [0.25, 0.3) is 0 Å². The average molecular weight is 1260 g/mol. The van der Waals surface area contributed by atoms with Crippen molar-refractivity contribution in [3.8, 4) is 0 Å². The van der Waals surface area contributed by atoms with E-state index >= 15 is 0 Å². The zero-order valence-corrected chi connectivity index (χ0v) is 57.0. The van der Waals surface area contributed by atoms with Gasteiger partial charge < -0.3 is 33.8 Å². The molecular formula is C66H128O17P2. The van der Waals surface area contributed by atoms with Crippen LogP contribution in [0.3, 0.4) is 0 Å². The lowest BCUT2D eigenvalue weighted by molar-refractivity contribution is -0.161. The van der Waals surface area contributed by atoms with Crippen LogP contribution in [0.15, 0.2) is 0 Å². The molecule has 6 atom stereocenters. The van der Waals surface area contributed by atoms with Crippen LogP contribution in [0.5, 0.6) is 0 Å². The highest BCUT2D eigenvalue weighted by Gasteiger charge is 2.30. The molecule has 0 aromatic heterocycles. The summed E-state index contributed by atoms with van der Waals surface area (Å²) in [6, 6.07) is 0. The van der Waals surface area contributed by atoms with Crippen molar-refractivity contribution in [3.05, 3.63) is 0 Å². The minimum absolute atomic E-state index is 0.103. The second-order valence-electron chi connectivity index (χ2n) is 25.5. The summed E-state index contributed by atoms with van der Waals surface area (Å²) in [4.78, 5) is 72.3. The van der Waals surface area contributed by atoms with E-state index in [0.717, 1.165) is 120 Å². The standard InChI is InChI=1S/C66H128O17P2/c1-9-59(8)45-37-29-24-25-31-39-47-64(69)77-53-62(83-66(71)49-41-33-23-17-15-20-28-36-44-58(6)7)55-81-85(74,75)79-51-60(67)50-78-84(72,73)80-54-61(82-65(70)48-40-32-22-16-14-19-27-35-43-57(4)5)52-76-63(68)46-38-30-21-13-11-10-12-18-26-34-42-56(2)3/h56-62,67H,9-55H2,1-8H3,(H,72,73)(H,74,75)/t59?,60-,61-,62-/m1/s1. The second-order valence-corrected chi connectivity index (χ2v) is 28.4. The van der Waals surface area contributed by atoms with Crippen molar-refractivity contribution in [1.29, 1.82) is 0 Å². The fraction of sp³-hybridized carbons (Fsp3) is 0.939. The molecule has 0 aliphatic carbocycles. The van der Waals surface area contributed by atoms with Gasteiger partial charge in [-0.2, -0.15) is 0 Å². The predicted octanol–water partition coefficient (Wildman–Crippen LogP) is 18.1. The summed E-state index contributed by atoms with van der Waals surface area (Å²) in [5.41, 5.74) is 0. The third-order valence-electron chi connectivity index (χ3n) is 15.4. The first-order chi connectivity index (χ1) is 40.6. The van der Waals surface area contributed by atoms with Crippen LogP contribution >= 0.6 is 15.6 Å². The Labute approximate surface area is 517 Å². The third kappa shape index (κ3) is 59.5. The van der Waals surface area contributed by atoms with Crippen molar-refractivity contribution < 1.29 is 80.2 Å². The lowest BCUT2D eigenvalue weighted by atomic mass is 10.00. The maximum absolute atomic E-state index is 13.0. The number of unbranched alkanes of at least 4 members (excludes halogenated alkanes) is 28. The van der Waals surface area contributed by atoms with Crippen LogP contribution in [0.2, 0.25) is 0 Å². The van der Waals surface area contributed by atoms with Gasteiger partial charge in [0.05, 0.1) is 26.4 Å². The van der Waals surface area contributed by atoms with Crippen LogP contribution in [0, 0.1) is 23.7 Å². The number of carbonyl (C=O) groups is 4. The average Bonchev–Trinajstić information content (AvgIpc) is 3.48. The molecule has 0 saturated carbocycles. The minimum atomic E-state index is -4.95. The molecule has 0 spiro atoms. The Morgan fingerprint density at radius 1 is 0.329 bits per heavy atom. The molecule has 0 amide bonds. The molecule has 17 nitrogen and oxygen atoms in total. The molecule has 0 bridgehead atoms. The Hall–Kier alpha value is -1.94. The van der Waals surface area contributed by atoms with E-state index in [1.54, 1.807) is 0 Å². The summed E-state index contributed by atoms with van der Waals surface area (Å²) in [6.07, 6.45) is 36.3. The summed E-state index contributed by atoms with van der Waals surface area (Å²) < 4.78 is 68.1. The van der Waals surface area contributed by atoms with Gasteiger partial charge >= 0.3 is 39.5 Å². The second kappa shape index (κ2) is 56.1. The maximum Gasteiger partial charge on any atom is 0.472 e. The van der Waals surface area contributed by atoms with Crippen LogP contribution in [-0.4, -0.2) is 96.7 Å². The number of carbonyl (C=O) groups excluding carboxylic acids is 4. The molecule has 0 aromatic rings. The Bertz CT molecular complexity index is 1700. The molecule has 0 saturated heterocycles. The molecule has 0 aromatic carbocycles. The van der Waals surface area contributed by atoms with Gasteiger partial charge in [-0.3, -0.25) is 37.3 Å². The van der Waals surface area contributed by atoms with Crippen molar-refractivity contribution in [2.45, 2.75) is 337 Å². The third-order valence-corrected chi connectivity index (χ3v) is 17.3. The highest BCUT2D eigenvalue weighted by Crippen LogP contribution is 2.45. The predicted molar refractivity (Wildman–Crippen MR) is 340 cm³/mol. The lowest BCUT2D eigenvalue weighted by Crippen LogP contribution is -2.30. The Kier molecular flexibility index (Phi) is 54.8. The van der Waals surface area contributed by atoms with Gasteiger partial charge in [0, 0.05) is 25.7 Å². The number of hydrogen-bond donors (Lipinski definition) is 3. The molecule has 0 radical (unpaired) electrons. The van der Waals surface area contributed by atoms with Gasteiger partial charge in [0.15, 0.2) is 12.2 Å². The number of aliphatic hydroxyl groups excluding tert-OH is 1. The van der Waals surface area contributed by atoms with Crippen LogP contribution in [0.1, 0.15) is 319 Å². The number of aliphatic hydroxyl groups is 1. The summed E-state index contributed by atoms with van der Waals surface area (Å²) in [7, 11) is -9.89. The molecule has 0 fully saturated rings. The molecular weight excluding hydrogens is 1130 g/mol.